The summed E-state index contributed by atoms with van der Waals surface area (Å²) in [6, 6.07) is 15.1. The first-order valence-electron chi connectivity index (χ1n) is 9.85. The molecule has 180 valence electrons. The number of benzene rings is 3. The quantitative estimate of drug-likeness (QED) is 0.445. The number of ether oxygens (including phenoxy) is 1. The lowest BCUT2D eigenvalue weighted by atomic mass is 10.1. The Labute approximate surface area is 205 Å². The summed E-state index contributed by atoms with van der Waals surface area (Å²) in [7, 11) is -4.43. The summed E-state index contributed by atoms with van der Waals surface area (Å²) in [4.78, 5) is 22.8. The van der Waals surface area contributed by atoms with Gasteiger partial charge in [0.2, 0.25) is 5.91 Å². The second-order valence-electron chi connectivity index (χ2n) is 7.17. The fourth-order valence-electron chi connectivity index (χ4n) is 3.11. The maximum atomic E-state index is 15.2. The van der Waals surface area contributed by atoms with Gasteiger partial charge < -0.3 is 16.2 Å². The molecule has 0 aliphatic heterocycles. The molecule has 0 aliphatic rings. The first kappa shape index (κ1) is 25.5. The molecule has 0 fully saturated rings. The third kappa shape index (κ3) is 5.68. The van der Waals surface area contributed by atoms with Gasteiger partial charge in [-0.3, -0.25) is 13.9 Å². The average molecular weight is 517 g/mol. The molecule has 0 saturated carbocycles. The van der Waals surface area contributed by atoms with Crippen LogP contribution >= 0.6 is 11.6 Å². The third-order valence-corrected chi connectivity index (χ3v) is 6.82. The van der Waals surface area contributed by atoms with Crippen molar-refractivity contribution in [2.75, 3.05) is 10.9 Å². The highest BCUT2D eigenvalue weighted by Gasteiger charge is 2.30. The molecular formula is C23H18ClFN4O5S. The number of nitriles is 1. The number of hydrogen-bond donors (Lipinski definition) is 2. The number of amides is 2. The van der Waals surface area contributed by atoms with Crippen molar-refractivity contribution in [3.05, 3.63) is 88.2 Å². The average Bonchev–Trinajstić information content (AvgIpc) is 2.83. The van der Waals surface area contributed by atoms with Crippen LogP contribution in [0.2, 0.25) is 5.02 Å². The second kappa shape index (κ2) is 10.4. The molecule has 4 N–H and O–H groups in total. The highest BCUT2D eigenvalue weighted by Crippen LogP contribution is 2.34. The highest BCUT2D eigenvalue weighted by molar-refractivity contribution is 7.92. The SMILES string of the molecule is N#Cc1ccc(CN(c2cc(C(N)=O)cc(Cl)c2F)S(=O)(=O)c2ccccc2)c(OCC(N)=O)c1. The van der Waals surface area contributed by atoms with Gasteiger partial charge in [-0.1, -0.05) is 35.9 Å². The summed E-state index contributed by atoms with van der Waals surface area (Å²) in [5, 5.41) is 8.69. The van der Waals surface area contributed by atoms with Crippen molar-refractivity contribution >= 4 is 39.1 Å². The number of nitrogens with zero attached hydrogens (tertiary/aromatic N) is 2. The molecule has 0 atom stereocenters. The van der Waals surface area contributed by atoms with Gasteiger partial charge >= 0.3 is 0 Å². The Balaban J connectivity index is 2.23. The molecule has 3 rings (SSSR count). The van der Waals surface area contributed by atoms with E-state index in [4.69, 9.17) is 27.8 Å². The van der Waals surface area contributed by atoms with Gasteiger partial charge in [0, 0.05) is 11.1 Å². The van der Waals surface area contributed by atoms with Crippen LogP contribution in [0.25, 0.3) is 0 Å². The van der Waals surface area contributed by atoms with Gasteiger partial charge in [-0.25, -0.2) is 12.8 Å². The molecule has 12 heteroatoms. The van der Waals surface area contributed by atoms with Crippen LogP contribution in [0, 0.1) is 17.1 Å². The zero-order chi connectivity index (χ0) is 25.8. The van der Waals surface area contributed by atoms with E-state index < -0.39 is 51.5 Å². The number of primary amides is 2. The number of hydrogen-bond acceptors (Lipinski definition) is 6. The summed E-state index contributed by atoms with van der Waals surface area (Å²) in [6.07, 6.45) is 0. The van der Waals surface area contributed by atoms with Crippen molar-refractivity contribution in [2.24, 2.45) is 11.5 Å². The van der Waals surface area contributed by atoms with Crippen molar-refractivity contribution in [1.29, 1.82) is 5.26 Å². The minimum Gasteiger partial charge on any atom is -0.483 e. The van der Waals surface area contributed by atoms with Gasteiger partial charge in [-0.15, -0.1) is 0 Å². The molecule has 9 nitrogen and oxygen atoms in total. The van der Waals surface area contributed by atoms with Crippen LogP contribution in [0.1, 0.15) is 21.5 Å². The van der Waals surface area contributed by atoms with Crippen LogP contribution < -0.4 is 20.5 Å². The first-order valence-corrected chi connectivity index (χ1v) is 11.7. The summed E-state index contributed by atoms with van der Waals surface area (Å²) in [5.41, 5.74) is 10.0. The Bertz CT molecular complexity index is 1440. The van der Waals surface area contributed by atoms with E-state index in [9.17, 15) is 23.3 Å². The molecule has 35 heavy (non-hydrogen) atoms. The number of carbonyl (C=O) groups excluding carboxylic acids is 2. The van der Waals surface area contributed by atoms with Crippen LogP contribution in [0.5, 0.6) is 5.75 Å². The molecule has 0 saturated heterocycles. The van der Waals surface area contributed by atoms with Gasteiger partial charge in [-0.2, -0.15) is 5.26 Å². The highest BCUT2D eigenvalue weighted by atomic mass is 35.5. The van der Waals surface area contributed by atoms with Gasteiger partial charge in [0.1, 0.15) is 5.75 Å². The first-order chi connectivity index (χ1) is 16.5. The molecule has 0 bridgehead atoms. The summed E-state index contributed by atoms with van der Waals surface area (Å²) >= 11 is 5.95. The lowest BCUT2D eigenvalue weighted by Gasteiger charge is -2.26. The minimum absolute atomic E-state index is 0.0197. The molecule has 0 aromatic heterocycles. The minimum atomic E-state index is -4.43. The fourth-order valence-corrected chi connectivity index (χ4v) is 4.78. The van der Waals surface area contributed by atoms with Crippen LogP contribution in [0.3, 0.4) is 0 Å². The van der Waals surface area contributed by atoms with E-state index in [1.807, 2.05) is 6.07 Å². The Morgan fingerprint density at radius 1 is 1.09 bits per heavy atom. The maximum absolute atomic E-state index is 15.2. The second-order valence-corrected chi connectivity index (χ2v) is 9.44. The van der Waals surface area contributed by atoms with Crippen LogP contribution in [-0.4, -0.2) is 26.8 Å². The third-order valence-electron chi connectivity index (χ3n) is 4.77. The lowest BCUT2D eigenvalue weighted by Crippen LogP contribution is -2.32. The van der Waals surface area contributed by atoms with Crippen molar-refractivity contribution in [3.8, 4) is 11.8 Å². The Morgan fingerprint density at radius 2 is 1.77 bits per heavy atom. The van der Waals surface area contributed by atoms with Crippen LogP contribution in [0.15, 0.2) is 65.6 Å². The van der Waals surface area contributed by atoms with Crippen LogP contribution in [-0.2, 0) is 21.4 Å². The smallest absolute Gasteiger partial charge is 0.264 e. The standard InChI is InChI=1S/C23H18ClFN4O5S/c24-18-9-16(23(28)31)10-19(22(18)25)29(35(32,33)17-4-2-1-3-5-17)12-15-7-6-14(11-26)8-20(15)34-13-21(27)30/h1-10H,12-13H2,(H2,27,30)(H2,28,31). The molecular weight excluding hydrogens is 499 g/mol. The fraction of sp³-hybridized carbons (Fsp3) is 0.0870. The molecule has 3 aromatic carbocycles. The summed E-state index contributed by atoms with van der Waals surface area (Å²) in [5.74, 6) is -2.88. The monoisotopic (exact) mass is 516 g/mol. The number of rotatable bonds is 9. The Hall–Kier alpha value is -4.14. The molecule has 0 heterocycles. The van der Waals surface area contributed by atoms with E-state index in [1.54, 1.807) is 6.07 Å². The van der Waals surface area contributed by atoms with E-state index in [-0.39, 0.29) is 27.3 Å². The molecule has 2 amide bonds. The van der Waals surface area contributed by atoms with Crippen molar-refractivity contribution in [3.63, 3.8) is 0 Å². The van der Waals surface area contributed by atoms with Gasteiger partial charge in [0.15, 0.2) is 12.4 Å². The Morgan fingerprint density at radius 3 is 2.37 bits per heavy atom. The maximum Gasteiger partial charge on any atom is 0.264 e. The van der Waals surface area contributed by atoms with Crippen molar-refractivity contribution < 1.29 is 27.1 Å². The number of anilines is 1. The van der Waals surface area contributed by atoms with Crippen molar-refractivity contribution in [1.82, 2.24) is 0 Å². The molecule has 0 aliphatic carbocycles. The van der Waals surface area contributed by atoms with Crippen molar-refractivity contribution in [2.45, 2.75) is 11.4 Å². The van der Waals surface area contributed by atoms with Gasteiger partial charge in [-0.05, 0) is 36.4 Å². The normalized spacial score (nSPS) is 10.9. The molecule has 0 spiro atoms. The zero-order valence-corrected chi connectivity index (χ0v) is 19.5. The molecule has 0 unspecified atom stereocenters. The van der Waals surface area contributed by atoms with E-state index in [2.05, 4.69) is 0 Å². The number of nitrogens with two attached hydrogens (primary N) is 2. The number of sulfonamides is 1. The summed E-state index contributed by atoms with van der Waals surface area (Å²) in [6.45, 7) is -1.07. The van der Waals surface area contributed by atoms with Crippen LogP contribution in [0.4, 0.5) is 10.1 Å². The van der Waals surface area contributed by atoms with Gasteiger partial charge in [0.25, 0.3) is 15.9 Å². The molecule has 3 aromatic rings. The van der Waals surface area contributed by atoms with E-state index in [1.165, 1.54) is 42.5 Å². The zero-order valence-electron chi connectivity index (χ0n) is 17.9. The van der Waals surface area contributed by atoms with E-state index >= 15 is 4.39 Å². The predicted octanol–water partition coefficient (Wildman–Crippen LogP) is 2.71. The summed E-state index contributed by atoms with van der Waals surface area (Å²) < 4.78 is 48.5. The van der Waals surface area contributed by atoms with Gasteiger partial charge in [0.05, 0.1) is 33.8 Å². The predicted molar refractivity (Wildman–Crippen MR) is 126 cm³/mol. The topological polar surface area (TPSA) is 157 Å². The molecule has 0 radical (unpaired) electrons. The van der Waals surface area contributed by atoms with E-state index in [0.717, 1.165) is 12.1 Å². The number of carbonyl (C=O) groups is 2. The number of halogens is 2. The largest absolute Gasteiger partial charge is 0.483 e. The Kier molecular flexibility index (Phi) is 7.58. The lowest BCUT2D eigenvalue weighted by molar-refractivity contribution is -0.119. The van der Waals surface area contributed by atoms with E-state index in [0.29, 0.717) is 4.31 Å².